The lowest BCUT2D eigenvalue weighted by atomic mass is 10.0. The molecule has 1 aliphatic rings. The molecule has 2 heterocycles. The van der Waals surface area contributed by atoms with Crippen LogP contribution in [0.15, 0.2) is 36.5 Å². The van der Waals surface area contributed by atoms with Gasteiger partial charge in [0.2, 0.25) is 0 Å². The molecule has 5 heteroatoms. The highest BCUT2D eigenvalue weighted by Gasteiger charge is 2.18. The van der Waals surface area contributed by atoms with E-state index >= 15 is 0 Å². The van der Waals surface area contributed by atoms with E-state index in [0.29, 0.717) is 10.8 Å². The van der Waals surface area contributed by atoms with Crippen LogP contribution in [0.25, 0.3) is 0 Å². The molecule has 0 aliphatic carbocycles. The molecule has 3 rings (SSSR count). The molecule has 0 saturated carbocycles. The smallest absolute Gasteiger partial charge is 0.263 e. The molecule has 2 N–H and O–H groups in total. The Balaban J connectivity index is 1.56. The third kappa shape index (κ3) is 3.23. The van der Waals surface area contributed by atoms with Gasteiger partial charge in [0, 0.05) is 32.0 Å². The average Bonchev–Trinajstić information content (AvgIpc) is 2.86. The number of amides is 1. The van der Waals surface area contributed by atoms with Crippen molar-refractivity contribution < 1.29 is 4.79 Å². The van der Waals surface area contributed by atoms with Gasteiger partial charge in [-0.05, 0) is 5.56 Å². The molecule has 0 radical (unpaired) electrons. The minimum absolute atomic E-state index is 0.00582. The van der Waals surface area contributed by atoms with E-state index in [2.05, 4.69) is 27.8 Å². The van der Waals surface area contributed by atoms with E-state index in [0.717, 1.165) is 31.1 Å². The second-order valence-electron chi connectivity index (χ2n) is 5.01. The Labute approximate surface area is 122 Å². The van der Waals surface area contributed by atoms with Crippen LogP contribution in [0.5, 0.6) is 0 Å². The summed E-state index contributed by atoms with van der Waals surface area (Å²) in [5, 5.41) is 7.14. The fourth-order valence-corrected chi connectivity index (χ4v) is 2.95. The van der Waals surface area contributed by atoms with Crippen LogP contribution in [0.2, 0.25) is 0 Å². The summed E-state index contributed by atoms with van der Waals surface area (Å²) >= 11 is 1.47. The maximum Gasteiger partial charge on any atom is 0.263 e. The van der Waals surface area contributed by atoms with Crippen LogP contribution < -0.4 is 10.6 Å². The van der Waals surface area contributed by atoms with E-state index in [1.807, 2.05) is 18.2 Å². The third-order valence-electron chi connectivity index (χ3n) is 3.39. The molecule has 20 heavy (non-hydrogen) atoms. The minimum Gasteiger partial charge on any atom is -0.351 e. The van der Waals surface area contributed by atoms with Gasteiger partial charge < -0.3 is 10.6 Å². The number of carbonyl (C=O) groups excluding carboxylic acids is 1. The van der Waals surface area contributed by atoms with Crippen LogP contribution in [0, 0.1) is 5.92 Å². The number of hydrogen-bond donors (Lipinski definition) is 2. The van der Waals surface area contributed by atoms with Gasteiger partial charge in [-0.25, -0.2) is 4.98 Å². The van der Waals surface area contributed by atoms with Crippen LogP contribution in [0.1, 0.15) is 20.2 Å². The summed E-state index contributed by atoms with van der Waals surface area (Å²) in [6, 6.07) is 10.2. The van der Waals surface area contributed by atoms with Crippen LogP contribution >= 0.6 is 11.3 Å². The molecular formula is C15H17N3OS. The van der Waals surface area contributed by atoms with Crippen molar-refractivity contribution in [2.75, 3.05) is 19.6 Å². The van der Waals surface area contributed by atoms with E-state index in [4.69, 9.17) is 0 Å². The van der Waals surface area contributed by atoms with Gasteiger partial charge in [-0.1, -0.05) is 30.3 Å². The van der Waals surface area contributed by atoms with Crippen molar-refractivity contribution in [3.05, 3.63) is 52.0 Å². The fraction of sp³-hybridized carbons (Fsp3) is 0.333. The molecule has 104 valence electrons. The summed E-state index contributed by atoms with van der Waals surface area (Å²) < 4.78 is 0. The van der Waals surface area contributed by atoms with Crippen molar-refractivity contribution in [3.63, 3.8) is 0 Å². The Morgan fingerprint density at radius 2 is 2.15 bits per heavy atom. The monoisotopic (exact) mass is 287 g/mol. The first-order chi connectivity index (χ1) is 9.81. The summed E-state index contributed by atoms with van der Waals surface area (Å²) in [5.74, 6) is 0.573. The van der Waals surface area contributed by atoms with E-state index in [9.17, 15) is 4.79 Å². The Morgan fingerprint density at radius 3 is 2.85 bits per heavy atom. The number of aromatic nitrogens is 1. The zero-order valence-corrected chi connectivity index (χ0v) is 12.0. The van der Waals surface area contributed by atoms with E-state index in [-0.39, 0.29) is 5.91 Å². The molecule has 1 amide bonds. The molecule has 0 atom stereocenters. The molecule has 1 fully saturated rings. The summed E-state index contributed by atoms with van der Waals surface area (Å²) in [5.41, 5.74) is 1.22. The lowest BCUT2D eigenvalue weighted by molar-refractivity contribution is 0.0946. The predicted molar refractivity (Wildman–Crippen MR) is 80.1 cm³/mol. The van der Waals surface area contributed by atoms with Crippen LogP contribution in [0.4, 0.5) is 0 Å². The molecule has 4 nitrogen and oxygen atoms in total. The molecule has 0 bridgehead atoms. The fourth-order valence-electron chi connectivity index (χ4n) is 2.08. The van der Waals surface area contributed by atoms with Crippen molar-refractivity contribution in [1.29, 1.82) is 0 Å². The van der Waals surface area contributed by atoms with Gasteiger partial charge in [0.1, 0.15) is 4.88 Å². The summed E-state index contributed by atoms with van der Waals surface area (Å²) in [6.07, 6.45) is 2.46. The Hall–Kier alpha value is -1.72. The van der Waals surface area contributed by atoms with Gasteiger partial charge in [0.25, 0.3) is 5.91 Å². The summed E-state index contributed by atoms with van der Waals surface area (Å²) in [6.45, 7) is 2.75. The molecule has 1 aliphatic heterocycles. The van der Waals surface area contributed by atoms with Crippen molar-refractivity contribution in [3.8, 4) is 0 Å². The quantitative estimate of drug-likeness (QED) is 0.880. The van der Waals surface area contributed by atoms with Crippen molar-refractivity contribution in [2.24, 2.45) is 5.92 Å². The standard InChI is InChI=1S/C15H17N3OS/c19-15(18-9-12-7-16-8-12)13-10-17-14(20-13)6-11-4-2-1-3-5-11/h1-5,10,12,16H,6-9H2,(H,18,19). The van der Waals surface area contributed by atoms with Crippen molar-refractivity contribution in [2.45, 2.75) is 6.42 Å². The highest BCUT2D eigenvalue weighted by molar-refractivity contribution is 7.13. The van der Waals surface area contributed by atoms with E-state index in [1.165, 1.54) is 16.9 Å². The number of nitrogens with one attached hydrogen (secondary N) is 2. The molecular weight excluding hydrogens is 270 g/mol. The molecule has 2 aromatic rings. The topological polar surface area (TPSA) is 54.0 Å². The minimum atomic E-state index is -0.00582. The first-order valence-electron chi connectivity index (χ1n) is 6.79. The first kappa shape index (κ1) is 13.3. The second kappa shape index (κ2) is 6.15. The normalized spacial score (nSPS) is 14.8. The van der Waals surface area contributed by atoms with Crippen molar-refractivity contribution in [1.82, 2.24) is 15.6 Å². The number of nitrogens with zero attached hydrogens (tertiary/aromatic N) is 1. The second-order valence-corrected chi connectivity index (χ2v) is 6.13. The number of thiazole rings is 1. The zero-order chi connectivity index (χ0) is 13.8. The van der Waals surface area contributed by atoms with Gasteiger partial charge in [0.15, 0.2) is 0 Å². The molecule has 1 saturated heterocycles. The predicted octanol–water partition coefficient (Wildman–Crippen LogP) is 1.68. The maximum absolute atomic E-state index is 12.0. The largest absolute Gasteiger partial charge is 0.351 e. The SMILES string of the molecule is O=C(NCC1CNC1)c1cnc(Cc2ccccc2)s1. The number of rotatable bonds is 5. The Morgan fingerprint density at radius 1 is 1.35 bits per heavy atom. The molecule has 0 spiro atoms. The van der Waals surface area contributed by atoms with E-state index < -0.39 is 0 Å². The van der Waals surface area contributed by atoms with Gasteiger partial charge in [0.05, 0.1) is 11.2 Å². The van der Waals surface area contributed by atoms with Gasteiger partial charge in [-0.2, -0.15) is 0 Å². The lowest BCUT2D eigenvalue weighted by Gasteiger charge is -2.26. The lowest BCUT2D eigenvalue weighted by Crippen LogP contribution is -2.48. The Bertz CT molecular complexity index is 578. The maximum atomic E-state index is 12.0. The third-order valence-corrected chi connectivity index (χ3v) is 4.39. The highest BCUT2D eigenvalue weighted by Crippen LogP contribution is 2.17. The summed E-state index contributed by atoms with van der Waals surface area (Å²) in [4.78, 5) is 17.0. The molecule has 1 aromatic carbocycles. The number of hydrogen-bond acceptors (Lipinski definition) is 4. The van der Waals surface area contributed by atoms with Crippen LogP contribution in [-0.4, -0.2) is 30.5 Å². The molecule has 0 unspecified atom stereocenters. The number of carbonyl (C=O) groups is 1. The van der Waals surface area contributed by atoms with Gasteiger partial charge in [-0.15, -0.1) is 11.3 Å². The van der Waals surface area contributed by atoms with E-state index in [1.54, 1.807) is 6.20 Å². The van der Waals surface area contributed by atoms with Crippen LogP contribution in [0.3, 0.4) is 0 Å². The molecule has 1 aromatic heterocycles. The van der Waals surface area contributed by atoms with Crippen LogP contribution in [-0.2, 0) is 6.42 Å². The zero-order valence-electron chi connectivity index (χ0n) is 11.1. The first-order valence-corrected chi connectivity index (χ1v) is 7.60. The van der Waals surface area contributed by atoms with Gasteiger partial charge in [-0.3, -0.25) is 4.79 Å². The Kier molecular flexibility index (Phi) is 4.08. The number of benzene rings is 1. The van der Waals surface area contributed by atoms with Crippen molar-refractivity contribution >= 4 is 17.2 Å². The highest BCUT2D eigenvalue weighted by atomic mass is 32.1. The average molecular weight is 287 g/mol. The summed E-state index contributed by atoms with van der Waals surface area (Å²) in [7, 11) is 0. The van der Waals surface area contributed by atoms with Gasteiger partial charge >= 0.3 is 0 Å².